The van der Waals surface area contributed by atoms with Crippen LogP contribution in [-0.4, -0.2) is 37.2 Å². The zero-order valence-corrected chi connectivity index (χ0v) is 39.7. The van der Waals surface area contributed by atoms with Gasteiger partial charge in [0.1, 0.15) is 13.2 Å². The highest BCUT2D eigenvalue weighted by atomic mass is 16.6. The van der Waals surface area contributed by atoms with Crippen LogP contribution in [0.25, 0.3) is 0 Å². The topological polar surface area (TPSA) is 78.9 Å². The van der Waals surface area contributed by atoms with Crippen molar-refractivity contribution in [1.29, 1.82) is 0 Å². The van der Waals surface area contributed by atoms with E-state index in [0.29, 0.717) is 19.3 Å². The maximum Gasteiger partial charge on any atom is 0.306 e. The normalized spacial score (nSPS) is 12.4. The minimum Gasteiger partial charge on any atom is -0.462 e. The smallest absolute Gasteiger partial charge is 0.306 e. The third-order valence-electron chi connectivity index (χ3n) is 11.1. The summed E-state index contributed by atoms with van der Waals surface area (Å²) >= 11 is 0. The van der Waals surface area contributed by atoms with E-state index in [-0.39, 0.29) is 37.5 Å². The third kappa shape index (κ3) is 46.4. The van der Waals surface area contributed by atoms with Crippen LogP contribution in [0, 0.1) is 0 Å². The number of carbonyl (C=O) groups is 3. The van der Waals surface area contributed by atoms with Crippen molar-refractivity contribution in [3.05, 3.63) is 48.6 Å². The fourth-order valence-electron chi connectivity index (χ4n) is 7.16. The highest BCUT2D eigenvalue weighted by Gasteiger charge is 2.19. The van der Waals surface area contributed by atoms with Gasteiger partial charge in [0, 0.05) is 19.3 Å². The van der Waals surface area contributed by atoms with E-state index in [1.54, 1.807) is 0 Å². The number of allylic oxidation sites excluding steroid dienone is 8. The first-order valence-electron chi connectivity index (χ1n) is 25.6. The first-order chi connectivity index (χ1) is 29.5. The van der Waals surface area contributed by atoms with Gasteiger partial charge in [0.15, 0.2) is 6.10 Å². The summed E-state index contributed by atoms with van der Waals surface area (Å²) in [5.41, 5.74) is 0. The number of hydrogen-bond acceptors (Lipinski definition) is 6. The molecule has 0 bridgehead atoms. The quantitative estimate of drug-likeness (QED) is 0.0263. The van der Waals surface area contributed by atoms with Gasteiger partial charge in [0.25, 0.3) is 0 Å². The molecule has 0 aliphatic rings. The Morgan fingerprint density at radius 3 is 1.03 bits per heavy atom. The minimum absolute atomic E-state index is 0.0910. The first kappa shape index (κ1) is 57.4. The SMILES string of the molecule is CCCCCC/C=C\CCCCCCCC(=O)OC[C@@H](COC(=O)CCC/C=C\C/C=C\C/C=C\CCCCCCCC)OC(=O)CCCCCCCCCCCCCC. The lowest BCUT2D eigenvalue weighted by Crippen LogP contribution is -2.30. The summed E-state index contributed by atoms with van der Waals surface area (Å²) in [4.78, 5) is 37.9. The van der Waals surface area contributed by atoms with Crippen molar-refractivity contribution in [1.82, 2.24) is 0 Å². The van der Waals surface area contributed by atoms with Crippen molar-refractivity contribution in [3.63, 3.8) is 0 Å². The second-order valence-corrected chi connectivity index (χ2v) is 17.1. The van der Waals surface area contributed by atoms with E-state index >= 15 is 0 Å². The van der Waals surface area contributed by atoms with E-state index < -0.39 is 6.10 Å². The second kappa shape index (κ2) is 49.0. The summed E-state index contributed by atoms with van der Waals surface area (Å²) in [7, 11) is 0. The van der Waals surface area contributed by atoms with Crippen LogP contribution in [0.1, 0.15) is 258 Å². The summed E-state index contributed by atoms with van der Waals surface area (Å²) in [6, 6.07) is 0. The molecule has 0 aromatic rings. The molecule has 0 heterocycles. The first-order valence-corrected chi connectivity index (χ1v) is 25.6. The van der Waals surface area contributed by atoms with Crippen LogP contribution in [0.3, 0.4) is 0 Å². The van der Waals surface area contributed by atoms with Crippen LogP contribution in [0.5, 0.6) is 0 Å². The Bertz CT molecular complexity index is 1060. The molecule has 60 heavy (non-hydrogen) atoms. The van der Waals surface area contributed by atoms with Crippen molar-refractivity contribution in [2.75, 3.05) is 13.2 Å². The molecule has 0 aromatic carbocycles. The van der Waals surface area contributed by atoms with Crippen molar-refractivity contribution in [2.45, 2.75) is 264 Å². The molecule has 0 N–H and O–H groups in total. The Balaban J connectivity index is 4.43. The fourth-order valence-corrected chi connectivity index (χ4v) is 7.16. The molecule has 0 saturated heterocycles. The Morgan fingerprint density at radius 1 is 0.333 bits per heavy atom. The molecular formula is C54H96O6. The molecule has 0 amide bonds. The van der Waals surface area contributed by atoms with Gasteiger partial charge in [-0.05, 0) is 77.0 Å². The summed E-state index contributed by atoms with van der Waals surface area (Å²) < 4.78 is 16.7. The average molecular weight is 841 g/mol. The summed E-state index contributed by atoms with van der Waals surface area (Å²) in [6.45, 7) is 6.57. The maximum atomic E-state index is 12.8. The van der Waals surface area contributed by atoms with E-state index in [9.17, 15) is 14.4 Å². The van der Waals surface area contributed by atoms with E-state index in [2.05, 4.69) is 69.4 Å². The highest BCUT2D eigenvalue weighted by Crippen LogP contribution is 2.14. The molecule has 0 unspecified atom stereocenters. The van der Waals surface area contributed by atoms with Crippen LogP contribution in [0.15, 0.2) is 48.6 Å². The standard InChI is InChI=1S/C54H96O6/c1-4-7-10-13-16-19-22-25-26-27-28-30-33-35-38-41-44-47-53(56)59-50-51(60-54(57)48-45-42-39-36-31-24-21-18-15-12-9-6-3)49-58-52(55)46-43-40-37-34-32-29-23-20-17-14-11-8-5-2/h20,23,25-26,28,30,35,38,51H,4-19,21-22,24,27,29,31-34,36-37,39-50H2,1-3H3/b23-20-,26-25-,30-28-,38-35-/t51-/m0/s1. The number of esters is 3. The summed E-state index contributed by atoms with van der Waals surface area (Å²) in [5.74, 6) is -0.948. The van der Waals surface area contributed by atoms with Gasteiger partial charge in [-0.1, -0.05) is 211 Å². The monoisotopic (exact) mass is 841 g/mol. The van der Waals surface area contributed by atoms with Crippen molar-refractivity contribution in [3.8, 4) is 0 Å². The van der Waals surface area contributed by atoms with Crippen LogP contribution in [0.4, 0.5) is 0 Å². The number of rotatable bonds is 46. The lowest BCUT2D eigenvalue weighted by atomic mass is 10.0. The number of unbranched alkanes of at least 4 members (excludes halogenated alkanes) is 27. The zero-order valence-electron chi connectivity index (χ0n) is 39.7. The van der Waals surface area contributed by atoms with Crippen LogP contribution in [0.2, 0.25) is 0 Å². The van der Waals surface area contributed by atoms with Crippen molar-refractivity contribution >= 4 is 17.9 Å². The predicted molar refractivity (Wildman–Crippen MR) is 256 cm³/mol. The highest BCUT2D eigenvalue weighted by molar-refractivity contribution is 5.71. The van der Waals surface area contributed by atoms with Gasteiger partial charge in [-0.25, -0.2) is 0 Å². The Labute approximate surface area is 371 Å². The van der Waals surface area contributed by atoms with Crippen LogP contribution >= 0.6 is 0 Å². The van der Waals surface area contributed by atoms with Gasteiger partial charge in [0.05, 0.1) is 0 Å². The minimum atomic E-state index is -0.792. The molecule has 0 saturated carbocycles. The molecule has 348 valence electrons. The van der Waals surface area contributed by atoms with Gasteiger partial charge in [0.2, 0.25) is 0 Å². The summed E-state index contributed by atoms with van der Waals surface area (Å²) in [6.07, 6.45) is 58.1. The molecule has 0 aliphatic carbocycles. The van der Waals surface area contributed by atoms with Gasteiger partial charge < -0.3 is 14.2 Å². The molecule has 6 heteroatoms. The van der Waals surface area contributed by atoms with Crippen molar-refractivity contribution < 1.29 is 28.6 Å². The largest absolute Gasteiger partial charge is 0.462 e. The lowest BCUT2D eigenvalue weighted by molar-refractivity contribution is -0.167. The van der Waals surface area contributed by atoms with Gasteiger partial charge in [-0.3, -0.25) is 14.4 Å². The van der Waals surface area contributed by atoms with E-state index in [0.717, 1.165) is 64.2 Å². The molecular weight excluding hydrogens is 745 g/mol. The third-order valence-corrected chi connectivity index (χ3v) is 11.1. The fraction of sp³-hybridized carbons (Fsp3) is 0.796. The van der Waals surface area contributed by atoms with Gasteiger partial charge in [-0.2, -0.15) is 0 Å². The molecule has 0 rings (SSSR count). The van der Waals surface area contributed by atoms with Crippen molar-refractivity contribution in [2.24, 2.45) is 0 Å². The molecule has 0 radical (unpaired) electrons. The predicted octanol–water partition coefficient (Wildman–Crippen LogP) is 16.7. The Kier molecular flexibility index (Phi) is 46.9. The van der Waals surface area contributed by atoms with E-state index in [1.807, 2.05) is 0 Å². The number of hydrogen-bond donors (Lipinski definition) is 0. The molecule has 0 spiro atoms. The lowest BCUT2D eigenvalue weighted by Gasteiger charge is -2.18. The molecule has 0 fully saturated rings. The van der Waals surface area contributed by atoms with Gasteiger partial charge in [-0.15, -0.1) is 0 Å². The number of carbonyl (C=O) groups excluding carboxylic acids is 3. The zero-order chi connectivity index (χ0) is 43.7. The molecule has 0 aromatic heterocycles. The maximum absolute atomic E-state index is 12.8. The van der Waals surface area contributed by atoms with Gasteiger partial charge >= 0.3 is 17.9 Å². The average Bonchev–Trinajstić information content (AvgIpc) is 3.24. The Morgan fingerprint density at radius 2 is 0.617 bits per heavy atom. The van der Waals surface area contributed by atoms with Crippen LogP contribution in [-0.2, 0) is 28.6 Å². The second-order valence-electron chi connectivity index (χ2n) is 17.1. The summed E-state index contributed by atoms with van der Waals surface area (Å²) in [5, 5.41) is 0. The molecule has 1 atom stereocenters. The molecule has 0 aliphatic heterocycles. The van der Waals surface area contributed by atoms with E-state index in [4.69, 9.17) is 14.2 Å². The Hall–Kier alpha value is -2.63. The molecule has 6 nitrogen and oxygen atoms in total. The van der Waals surface area contributed by atoms with E-state index in [1.165, 1.54) is 148 Å². The number of ether oxygens (including phenoxy) is 3. The van der Waals surface area contributed by atoms with Crippen LogP contribution < -0.4 is 0 Å².